The first-order chi connectivity index (χ1) is 12.1. The minimum absolute atomic E-state index is 0.0727. The van der Waals surface area contributed by atoms with Crippen LogP contribution in [0.3, 0.4) is 0 Å². The van der Waals surface area contributed by atoms with Gasteiger partial charge in [0.25, 0.3) is 0 Å². The van der Waals surface area contributed by atoms with Crippen LogP contribution in [0.4, 0.5) is 0 Å². The number of likely N-dealkylation sites (tertiary alicyclic amines) is 1. The molecule has 1 fully saturated rings. The average molecular weight is 342 g/mol. The van der Waals surface area contributed by atoms with Gasteiger partial charge in [0.15, 0.2) is 0 Å². The number of benzene rings is 1. The largest absolute Gasteiger partial charge is 0.493 e. The number of amides is 2. The molecule has 5 nitrogen and oxygen atoms in total. The van der Waals surface area contributed by atoms with E-state index in [1.807, 2.05) is 30.0 Å². The van der Waals surface area contributed by atoms with Crippen LogP contribution >= 0.6 is 0 Å². The molecular weight excluding hydrogens is 316 g/mol. The fourth-order valence-electron chi connectivity index (χ4n) is 3.54. The van der Waals surface area contributed by atoms with Crippen LogP contribution in [0.1, 0.15) is 31.7 Å². The summed E-state index contributed by atoms with van der Waals surface area (Å²) in [5, 5.41) is 0. The van der Waals surface area contributed by atoms with Gasteiger partial charge in [0.2, 0.25) is 11.8 Å². The SMILES string of the molecule is CCOc1ccccc1C1=CCN(C(=O)C2CCN(C)C(=O)C2)CC1. The van der Waals surface area contributed by atoms with Crippen LogP contribution in [0.2, 0.25) is 0 Å². The fraction of sp³-hybridized carbons (Fsp3) is 0.500. The Hall–Kier alpha value is -2.30. The van der Waals surface area contributed by atoms with Crippen molar-refractivity contribution in [3.8, 4) is 5.75 Å². The number of nitrogens with zero attached hydrogens (tertiary/aromatic N) is 2. The number of hydrogen-bond donors (Lipinski definition) is 0. The van der Waals surface area contributed by atoms with E-state index in [1.165, 1.54) is 5.57 Å². The molecule has 0 radical (unpaired) electrons. The summed E-state index contributed by atoms with van der Waals surface area (Å²) in [6.45, 7) is 4.60. The van der Waals surface area contributed by atoms with Crippen molar-refractivity contribution in [2.45, 2.75) is 26.2 Å². The Labute approximate surface area is 149 Å². The minimum atomic E-state index is -0.158. The van der Waals surface area contributed by atoms with Gasteiger partial charge in [-0.05, 0) is 31.4 Å². The number of piperidine rings is 1. The van der Waals surface area contributed by atoms with Crippen LogP contribution in [-0.4, -0.2) is 54.9 Å². The highest BCUT2D eigenvalue weighted by atomic mass is 16.5. The first-order valence-corrected chi connectivity index (χ1v) is 9.04. The minimum Gasteiger partial charge on any atom is -0.493 e. The van der Waals surface area contributed by atoms with E-state index in [4.69, 9.17) is 4.74 Å². The molecule has 1 atom stereocenters. The standard InChI is InChI=1S/C20H26N2O3/c1-3-25-18-7-5-4-6-17(18)15-9-12-22(13-10-15)20(24)16-8-11-21(2)19(23)14-16/h4-7,9,16H,3,8,10-14H2,1-2H3. The lowest BCUT2D eigenvalue weighted by molar-refractivity contribution is -0.144. The number of carbonyl (C=O) groups is 2. The van der Waals surface area contributed by atoms with Crippen molar-refractivity contribution in [3.05, 3.63) is 35.9 Å². The summed E-state index contributed by atoms with van der Waals surface area (Å²) in [6, 6.07) is 8.05. The summed E-state index contributed by atoms with van der Waals surface area (Å²) in [5.41, 5.74) is 2.35. The van der Waals surface area contributed by atoms with E-state index in [0.29, 0.717) is 32.7 Å². The smallest absolute Gasteiger partial charge is 0.226 e. The summed E-state index contributed by atoms with van der Waals surface area (Å²) in [7, 11) is 1.80. The molecule has 0 spiro atoms. The van der Waals surface area contributed by atoms with E-state index in [-0.39, 0.29) is 17.7 Å². The molecule has 0 N–H and O–H groups in total. The van der Waals surface area contributed by atoms with Gasteiger partial charge in [0.05, 0.1) is 6.61 Å². The Bertz CT molecular complexity index is 683. The maximum absolute atomic E-state index is 12.7. The van der Waals surface area contributed by atoms with Crippen molar-refractivity contribution in [1.82, 2.24) is 9.80 Å². The van der Waals surface area contributed by atoms with E-state index in [9.17, 15) is 9.59 Å². The second-order valence-corrected chi connectivity index (χ2v) is 6.70. The van der Waals surface area contributed by atoms with Crippen LogP contribution in [0.5, 0.6) is 5.75 Å². The van der Waals surface area contributed by atoms with Crippen molar-refractivity contribution in [2.75, 3.05) is 33.3 Å². The zero-order chi connectivity index (χ0) is 17.8. The number of para-hydroxylation sites is 1. The monoisotopic (exact) mass is 342 g/mol. The van der Waals surface area contributed by atoms with E-state index >= 15 is 0 Å². The van der Waals surface area contributed by atoms with Gasteiger partial charge in [0, 0.05) is 44.6 Å². The Balaban J connectivity index is 1.66. The van der Waals surface area contributed by atoms with Crippen LogP contribution in [-0.2, 0) is 9.59 Å². The lowest BCUT2D eigenvalue weighted by atomic mass is 9.93. The fourth-order valence-corrected chi connectivity index (χ4v) is 3.54. The quantitative estimate of drug-likeness (QED) is 0.845. The molecule has 134 valence electrons. The molecule has 2 aliphatic rings. The predicted molar refractivity (Wildman–Crippen MR) is 97.1 cm³/mol. The molecule has 0 aliphatic carbocycles. The summed E-state index contributed by atoms with van der Waals surface area (Å²) >= 11 is 0. The third kappa shape index (κ3) is 3.86. The first-order valence-electron chi connectivity index (χ1n) is 9.04. The second-order valence-electron chi connectivity index (χ2n) is 6.70. The molecule has 1 aromatic carbocycles. The molecule has 1 saturated heterocycles. The number of ether oxygens (including phenoxy) is 1. The van der Waals surface area contributed by atoms with Crippen molar-refractivity contribution in [3.63, 3.8) is 0 Å². The van der Waals surface area contributed by atoms with Gasteiger partial charge in [-0.2, -0.15) is 0 Å². The van der Waals surface area contributed by atoms with Crippen LogP contribution < -0.4 is 4.74 Å². The summed E-state index contributed by atoms with van der Waals surface area (Å²) in [5.74, 6) is 0.935. The third-order valence-electron chi connectivity index (χ3n) is 5.06. The van der Waals surface area contributed by atoms with E-state index in [1.54, 1.807) is 11.9 Å². The van der Waals surface area contributed by atoms with Crippen molar-refractivity contribution < 1.29 is 14.3 Å². The van der Waals surface area contributed by atoms with Gasteiger partial charge in [-0.15, -0.1) is 0 Å². The maximum atomic E-state index is 12.7. The molecular formula is C20H26N2O3. The molecule has 1 unspecified atom stereocenters. The third-order valence-corrected chi connectivity index (χ3v) is 5.06. The van der Waals surface area contributed by atoms with Crippen LogP contribution in [0.25, 0.3) is 5.57 Å². The highest BCUT2D eigenvalue weighted by Crippen LogP contribution is 2.31. The van der Waals surface area contributed by atoms with Gasteiger partial charge in [-0.3, -0.25) is 9.59 Å². The second kappa shape index (κ2) is 7.72. The van der Waals surface area contributed by atoms with Gasteiger partial charge in [0.1, 0.15) is 5.75 Å². The number of hydrogen-bond acceptors (Lipinski definition) is 3. The Kier molecular flexibility index (Phi) is 5.41. The zero-order valence-electron chi connectivity index (χ0n) is 15.0. The van der Waals surface area contributed by atoms with Gasteiger partial charge in [-0.25, -0.2) is 0 Å². The molecule has 1 aromatic rings. The predicted octanol–water partition coefficient (Wildman–Crippen LogP) is 2.57. The molecule has 0 saturated carbocycles. The van der Waals surface area contributed by atoms with E-state index < -0.39 is 0 Å². The highest BCUT2D eigenvalue weighted by molar-refractivity contribution is 5.87. The molecule has 25 heavy (non-hydrogen) atoms. The van der Waals surface area contributed by atoms with Gasteiger partial charge >= 0.3 is 0 Å². The van der Waals surface area contributed by atoms with Crippen LogP contribution in [0.15, 0.2) is 30.3 Å². The molecule has 2 aliphatic heterocycles. The summed E-state index contributed by atoms with van der Waals surface area (Å²) < 4.78 is 5.72. The highest BCUT2D eigenvalue weighted by Gasteiger charge is 2.32. The average Bonchev–Trinajstić information content (AvgIpc) is 2.64. The molecule has 2 heterocycles. The molecule has 2 amide bonds. The van der Waals surface area contributed by atoms with E-state index in [2.05, 4.69) is 12.1 Å². The van der Waals surface area contributed by atoms with Crippen LogP contribution in [0, 0.1) is 5.92 Å². The Morgan fingerprint density at radius 3 is 2.76 bits per heavy atom. The molecule has 3 rings (SSSR count). The molecule has 0 aromatic heterocycles. The number of rotatable bonds is 4. The van der Waals surface area contributed by atoms with Crippen molar-refractivity contribution >= 4 is 17.4 Å². The summed E-state index contributed by atoms with van der Waals surface area (Å²) in [6.07, 6.45) is 4.04. The van der Waals surface area contributed by atoms with Crippen molar-refractivity contribution in [2.24, 2.45) is 5.92 Å². The number of carbonyl (C=O) groups excluding carboxylic acids is 2. The van der Waals surface area contributed by atoms with Gasteiger partial charge < -0.3 is 14.5 Å². The Morgan fingerprint density at radius 2 is 2.08 bits per heavy atom. The summed E-state index contributed by atoms with van der Waals surface area (Å²) in [4.78, 5) is 28.2. The van der Waals surface area contributed by atoms with E-state index in [0.717, 1.165) is 24.2 Å². The molecule has 0 bridgehead atoms. The van der Waals surface area contributed by atoms with Crippen molar-refractivity contribution in [1.29, 1.82) is 0 Å². The Morgan fingerprint density at radius 1 is 1.28 bits per heavy atom. The zero-order valence-corrected chi connectivity index (χ0v) is 15.0. The van der Waals surface area contributed by atoms with Gasteiger partial charge in [-0.1, -0.05) is 24.3 Å². The first kappa shape index (κ1) is 17.5. The lowest BCUT2D eigenvalue weighted by Gasteiger charge is -2.33. The normalized spacial score (nSPS) is 21.1. The maximum Gasteiger partial charge on any atom is 0.226 e. The topological polar surface area (TPSA) is 49.9 Å². The lowest BCUT2D eigenvalue weighted by Crippen LogP contribution is -2.45. The molecule has 5 heteroatoms.